The van der Waals surface area contributed by atoms with E-state index in [4.69, 9.17) is 9.84 Å². The Labute approximate surface area is 123 Å². The lowest BCUT2D eigenvalue weighted by Crippen LogP contribution is -2.33. The molecule has 1 unspecified atom stereocenters. The zero-order valence-corrected chi connectivity index (χ0v) is 12.3. The summed E-state index contributed by atoms with van der Waals surface area (Å²) in [6.45, 7) is 2.99. The zero-order valence-electron chi connectivity index (χ0n) is 12.3. The number of nitrogens with zero attached hydrogens (tertiary/aromatic N) is 1. The molecule has 1 aliphatic rings. The average molecular weight is 292 g/mol. The number of carbonyl (C=O) groups excluding carboxylic acids is 1. The van der Waals surface area contributed by atoms with Gasteiger partial charge in [-0.1, -0.05) is 0 Å². The summed E-state index contributed by atoms with van der Waals surface area (Å²) in [6, 6.07) is 5.26. The van der Waals surface area contributed by atoms with E-state index in [1.165, 1.54) is 0 Å². The van der Waals surface area contributed by atoms with Crippen LogP contribution in [0.3, 0.4) is 0 Å². The van der Waals surface area contributed by atoms with Gasteiger partial charge in [-0.2, -0.15) is 0 Å². The second-order valence-electron chi connectivity index (χ2n) is 5.31. The maximum Gasteiger partial charge on any atom is 0.321 e. The minimum atomic E-state index is -0.812. The molecule has 0 bridgehead atoms. The lowest BCUT2D eigenvalue weighted by Gasteiger charge is -2.18. The Kier molecular flexibility index (Phi) is 4.67. The number of hydrogen-bond acceptors (Lipinski definition) is 3. The molecule has 0 spiro atoms. The molecule has 1 aliphatic heterocycles. The third-order valence-electron chi connectivity index (χ3n) is 3.71. The first kappa shape index (κ1) is 15.2. The normalized spacial score (nSPS) is 17.6. The summed E-state index contributed by atoms with van der Waals surface area (Å²) in [4.78, 5) is 24.5. The fraction of sp³-hybridized carbons (Fsp3) is 0.467. The summed E-state index contributed by atoms with van der Waals surface area (Å²) >= 11 is 0. The number of aliphatic carboxylic acids is 1. The van der Waals surface area contributed by atoms with E-state index >= 15 is 0 Å². The van der Waals surface area contributed by atoms with Crippen molar-refractivity contribution in [2.24, 2.45) is 5.92 Å². The summed E-state index contributed by atoms with van der Waals surface area (Å²) in [6.07, 6.45) is 0.854. The van der Waals surface area contributed by atoms with Gasteiger partial charge >= 0.3 is 12.0 Å². The summed E-state index contributed by atoms with van der Waals surface area (Å²) in [5.74, 6) is -0.0216. The molecule has 1 heterocycles. The number of carboxylic acid groups (broad SMARTS) is 1. The smallest absolute Gasteiger partial charge is 0.321 e. The molecule has 6 heteroatoms. The number of rotatable bonds is 4. The minimum Gasteiger partial charge on any atom is -0.497 e. The topological polar surface area (TPSA) is 78.9 Å². The van der Waals surface area contributed by atoms with Crippen LogP contribution in [0.15, 0.2) is 18.2 Å². The molecule has 0 aromatic heterocycles. The molecule has 6 nitrogen and oxygen atoms in total. The molecule has 1 aromatic rings. The number of carbonyl (C=O) groups is 2. The molecule has 2 N–H and O–H groups in total. The second-order valence-corrected chi connectivity index (χ2v) is 5.31. The predicted molar refractivity (Wildman–Crippen MR) is 78.7 cm³/mol. The Hall–Kier alpha value is -2.24. The average Bonchev–Trinajstić information content (AvgIpc) is 2.88. The van der Waals surface area contributed by atoms with Crippen LogP contribution in [0.25, 0.3) is 0 Å². The molecule has 1 aromatic carbocycles. The largest absolute Gasteiger partial charge is 0.497 e. The van der Waals surface area contributed by atoms with Gasteiger partial charge in [0.2, 0.25) is 0 Å². The SMILES string of the molecule is COc1ccc(NC(=O)N2CCC(CC(=O)O)C2)c(C)c1. The molecule has 0 saturated carbocycles. The van der Waals surface area contributed by atoms with Crippen LogP contribution >= 0.6 is 0 Å². The van der Waals surface area contributed by atoms with Crippen LogP contribution in [0.4, 0.5) is 10.5 Å². The summed E-state index contributed by atoms with van der Waals surface area (Å²) in [5.41, 5.74) is 1.66. The Morgan fingerprint density at radius 2 is 2.24 bits per heavy atom. The van der Waals surface area contributed by atoms with E-state index in [-0.39, 0.29) is 18.4 Å². The first-order chi connectivity index (χ1) is 9.99. The highest BCUT2D eigenvalue weighted by atomic mass is 16.5. The minimum absolute atomic E-state index is 0.0465. The molecular weight excluding hydrogens is 272 g/mol. The molecule has 21 heavy (non-hydrogen) atoms. The van der Waals surface area contributed by atoms with Crippen molar-refractivity contribution < 1.29 is 19.4 Å². The highest BCUT2D eigenvalue weighted by Gasteiger charge is 2.27. The number of nitrogens with one attached hydrogen (secondary N) is 1. The second kappa shape index (κ2) is 6.47. The van der Waals surface area contributed by atoms with E-state index in [1.54, 1.807) is 24.1 Å². The third kappa shape index (κ3) is 3.87. The summed E-state index contributed by atoms with van der Waals surface area (Å²) in [7, 11) is 1.60. The van der Waals surface area contributed by atoms with Crippen molar-refractivity contribution in [2.75, 3.05) is 25.5 Å². The van der Waals surface area contributed by atoms with Gasteiger partial charge in [-0.3, -0.25) is 4.79 Å². The highest BCUT2D eigenvalue weighted by molar-refractivity contribution is 5.90. The molecule has 2 amide bonds. The van der Waals surface area contributed by atoms with Crippen LogP contribution in [-0.4, -0.2) is 42.2 Å². The number of anilines is 1. The van der Waals surface area contributed by atoms with E-state index in [0.29, 0.717) is 13.1 Å². The quantitative estimate of drug-likeness (QED) is 0.892. The monoisotopic (exact) mass is 292 g/mol. The van der Waals surface area contributed by atoms with Gasteiger partial charge in [0.15, 0.2) is 0 Å². The van der Waals surface area contributed by atoms with Gasteiger partial charge in [-0.05, 0) is 43.0 Å². The van der Waals surface area contributed by atoms with Crippen LogP contribution in [0, 0.1) is 12.8 Å². The van der Waals surface area contributed by atoms with E-state index in [2.05, 4.69) is 5.32 Å². The van der Waals surface area contributed by atoms with Gasteiger partial charge in [0.05, 0.1) is 7.11 Å². The van der Waals surface area contributed by atoms with E-state index in [9.17, 15) is 9.59 Å². The summed E-state index contributed by atoms with van der Waals surface area (Å²) < 4.78 is 5.13. The zero-order chi connectivity index (χ0) is 15.4. The van der Waals surface area contributed by atoms with Crippen LogP contribution in [0.5, 0.6) is 5.75 Å². The van der Waals surface area contributed by atoms with E-state index < -0.39 is 5.97 Å². The Bertz CT molecular complexity index is 544. The number of ether oxygens (including phenoxy) is 1. The number of benzene rings is 1. The van der Waals surface area contributed by atoms with Gasteiger partial charge in [-0.15, -0.1) is 0 Å². The van der Waals surface area contributed by atoms with Crippen LogP contribution in [-0.2, 0) is 4.79 Å². The van der Waals surface area contributed by atoms with Gasteiger partial charge < -0.3 is 20.1 Å². The molecule has 2 rings (SSSR count). The number of urea groups is 1. The number of amides is 2. The van der Waals surface area contributed by atoms with Gasteiger partial charge in [0.1, 0.15) is 5.75 Å². The van der Waals surface area contributed by atoms with Crippen molar-refractivity contribution in [3.05, 3.63) is 23.8 Å². The Morgan fingerprint density at radius 3 is 2.86 bits per heavy atom. The van der Waals surface area contributed by atoms with Crippen molar-refractivity contribution in [1.29, 1.82) is 0 Å². The van der Waals surface area contributed by atoms with Crippen LogP contribution in [0.2, 0.25) is 0 Å². The molecule has 114 valence electrons. The third-order valence-corrected chi connectivity index (χ3v) is 3.71. The number of aryl methyl sites for hydroxylation is 1. The molecule has 0 aliphatic carbocycles. The lowest BCUT2D eigenvalue weighted by atomic mass is 10.1. The van der Waals surface area contributed by atoms with Crippen molar-refractivity contribution in [3.8, 4) is 5.75 Å². The number of hydrogen-bond donors (Lipinski definition) is 2. The fourth-order valence-electron chi connectivity index (χ4n) is 2.53. The standard InChI is InChI=1S/C15H20N2O4/c1-10-7-12(21-2)3-4-13(10)16-15(20)17-6-5-11(9-17)8-14(18)19/h3-4,7,11H,5-6,8-9H2,1-2H3,(H,16,20)(H,18,19). The Balaban J connectivity index is 1.94. The van der Waals surface area contributed by atoms with E-state index in [0.717, 1.165) is 23.4 Å². The number of methoxy groups -OCH3 is 1. The van der Waals surface area contributed by atoms with Gasteiger partial charge in [0.25, 0.3) is 0 Å². The summed E-state index contributed by atoms with van der Waals surface area (Å²) in [5, 5.41) is 11.7. The molecule has 1 fully saturated rings. The highest BCUT2D eigenvalue weighted by Crippen LogP contribution is 2.23. The van der Waals surface area contributed by atoms with Crippen molar-refractivity contribution in [2.45, 2.75) is 19.8 Å². The molecule has 1 saturated heterocycles. The van der Waals surface area contributed by atoms with Crippen LogP contribution < -0.4 is 10.1 Å². The number of likely N-dealkylation sites (tertiary alicyclic amines) is 1. The fourth-order valence-corrected chi connectivity index (χ4v) is 2.53. The lowest BCUT2D eigenvalue weighted by molar-refractivity contribution is -0.138. The van der Waals surface area contributed by atoms with Crippen LogP contribution in [0.1, 0.15) is 18.4 Å². The molecule has 0 radical (unpaired) electrons. The molecule has 1 atom stereocenters. The van der Waals surface area contributed by atoms with Gasteiger partial charge in [-0.25, -0.2) is 4.79 Å². The van der Waals surface area contributed by atoms with Gasteiger partial charge in [0, 0.05) is 25.2 Å². The Morgan fingerprint density at radius 1 is 1.48 bits per heavy atom. The number of carboxylic acids is 1. The maximum atomic E-state index is 12.2. The maximum absolute atomic E-state index is 12.2. The van der Waals surface area contributed by atoms with Crippen molar-refractivity contribution in [1.82, 2.24) is 4.90 Å². The van der Waals surface area contributed by atoms with Crippen molar-refractivity contribution >= 4 is 17.7 Å². The molecular formula is C15H20N2O4. The predicted octanol–water partition coefficient (Wildman–Crippen LogP) is 2.33. The first-order valence-corrected chi connectivity index (χ1v) is 6.92. The van der Waals surface area contributed by atoms with E-state index in [1.807, 2.05) is 13.0 Å². The van der Waals surface area contributed by atoms with Crippen molar-refractivity contribution in [3.63, 3.8) is 0 Å². The first-order valence-electron chi connectivity index (χ1n) is 6.92.